The summed E-state index contributed by atoms with van der Waals surface area (Å²) in [7, 11) is 4.95. The highest BCUT2D eigenvalue weighted by atomic mass is 35.7. The summed E-state index contributed by atoms with van der Waals surface area (Å²) in [6.45, 7) is 4.10. The molecule has 0 aliphatic heterocycles. The molecule has 0 aliphatic carbocycles. The van der Waals surface area contributed by atoms with Gasteiger partial charge < -0.3 is 9.64 Å². The van der Waals surface area contributed by atoms with Crippen molar-refractivity contribution in [1.29, 1.82) is 0 Å². The monoisotopic (exact) mass is 333 g/mol. The topological polar surface area (TPSA) is 63.7 Å². The van der Waals surface area contributed by atoms with Crippen molar-refractivity contribution in [2.75, 3.05) is 20.7 Å². The lowest BCUT2D eigenvalue weighted by molar-refractivity contribution is -0.129. The van der Waals surface area contributed by atoms with Crippen LogP contribution >= 0.6 is 10.7 Å². The van der Waals surface area contributed by atoms with Gasteiger partial charge in [-0.15, -0.1) is 0 Å². The molecule has 7 heteroatoms. The lowest BCUT2D eigenvalue weighted by Crippen LogP contribution is -2.23. The SMILES string of the molecule is CC(C)c1cc(S(=O)(=O)Cl)ccc1OCCC(=O)N(C)C. The Morgan fingerprint density at radius 2 is 1.95 bits per heavy atom. The van der Waals surface area contributed by atoms with Crippen molar-refractivity contribution in [3.05, 3.63) is 23.8 Å². The molecule has 0 bridgehead atoms. The maximum absolute atomic E-state index is 11.5. The summed E-state index contributed by atoms with van der Waals surface area (Å²) in [6, 6.07) is 4.48. The normalized spacial score (nSPS) is 11.5. The second-order valence-electron chi connectivity index (χ2n) is 5.18. The molecule has 1 rings (SSSR count). The minimum atomic E-state index is -3.76. The Labute approximate surface area is 130 Å². The molecule has 1 aromatic carbocycles. The van der Waals surface area contributed by atoms with Crippen molar-refractivity contribution in [3.63, 3.8) is 0 Å². The number of benzene rings is 1. The average molecular weight is 334 g/mol. The summed E-state index contributed by atoms with van der Waals surface area (Å²) in [5.74, 6) is 0.615. The summed E-state index contributed by atoms with van der Waals surface area (Å²) in [5, 5.41) is 0. The van der Waals surface area contributed by atoms with Gasteiger partial charge in [-0.2, -0.15) is 0 Å². The van der Waals surface area contributed by atoms with Crippen molar-refractivity contribution in [1.82, 2.24) is 4.90 Å². The van der Waals surface area contributed by atoms with Crippen LogP contribution in [0, 0.1) is 0 Å². The molecule has 0 aromatic heterocycles. The fourth-order valence-electron chi connectivity index (χ4n) is 1.73. The summed E-state index contributed by atoms with van der Waals surface area (Å²) >= 11 is 0. The molecule has 0 fully saturated rings. The molecular formula is C14H20ClNO4S. The van der Waals surface area contributed by atoms with E-state index in [0.29, 0.717) is 5.75 Å². The van der Waals surface area contributed by atoms with Crippen molar-refractivity contribution in [3.8, 4) is 5.75 Å². The van der Waals surface area contributed by atoms with Gasteiger partial charge in [0.2, 0.25) is 5.91 Å². The molecule has 0 N–H and O–H groups in total. The van der Waals surface area contributed by atoms with Crippen LogP contribution in [0.15, 0.2) is 23.1 Å². The molecular weight excluding hydrogens is 314 g/mol. The Morgan fingerprint density at radius 1 is 1.33 bits per heavy atom. The Kier molecular flexibility index (Phi) is 6.04. The number of carbonyl (C=O) groups excluding carboxylic acids is 1. The third kappa shape index (κ3) is 5.21. The van der Waals surface area contributed by atoms with Crippen LogP contribution in [-0.2, 0) is 13.8 Å². The van der Waals surface area contributed by atoms with Crippen molar-refractivity contribution < 1.29 is 17.9 Å². The van der Waals surface area contributed by atoms with Crippen LogP contribution in [0.3, 0.4) is 0 Å². The van der Waals surface area contributed by atoms with Crippen LogP contribution in [0.25, 0.3) is 0 Å². The zero-order chi connectivity index (χ0) is 16.2. The first-order chi connectivity index (χ1) is 9.62. The van der Waals surface area contributed by atoms with Gasteiger partial charge in [-0.3, -0.25) is 4.79 Å². The molecule has 21 heavy (non-hydrogen) atoms. The van der Waals surface area contributed by atoms with Crippen molar-refractivity contribution in [2.45, 2.75) is 31.1 Å². The molecule has 118 valence electrons. The Hall–Kier alpha value is -1.27. The highest BCUT2D eigenvalue weighted by Crippen LogP contribution is 2.30. The Morgan fingerprint density at radius 3 is 2.43 bits per heavy atom. The quantitative estimate of drug-likeness (QED) is 0.751. The molecule has 0 atom stereocenters. The van der Waals surface area contributed by atoms with E-state index in [0.717, 1.165) is 5.56 Å². The first-order valence-electron chi connectivity index (χ1n) is 6.54. The second-order valence-corrected chi connectivity index (χ2v) is 7.74. The predicted molar refractivity (Wildman–Crippen MR) is 82.4 cm³/mol. The predicted octanol–water partition coefficient (Wildman–Crippen LogP) is 2.59. The van der Waals surface area contributed by atoms with Gasteiger partial charge in [0.15, 0.2) is 0 Å². The lowest BCUT2D eigenvalue weighted by Gasteiger charge is -2.16. The van der Waals surface area contributed by atoms with E-state index in [1.54, 1.807) is 20.2 Å². The van der Waals surface area contributed by atoms with Crippen LogP contribution in [0.2, 0.25) is 0 Å². The third-order valence-electron chi connectivity index (χ3n) is 2.96. The minimum Gasteiger partial charge on any atom is -0.493 e. The molecule has 0 unspecified atom stereocenters. The third-order valence-corrected chi connectivity index (χ3v) is 4.31. The highest BCUT2D eigenvalue weighted by molar-refractivity contribution is 8.13. The van der Waals surface area contributed by atoms with Crippen molar-refractivity contribution in [2.24, 2.45) is 0 Å². The van der Waals surface area contributed by atoms with Gasteiger partial charge in [-0.05, 0) is 29.7 Å². The highest BCUT2D eigenvalue weighted by Gasteiger charge is 2.16. The summed E-state index contributed by atoms with van der Waals surface area (Å²) < 4.78 is 28.3. The van der Waals surface area contributed by atoms with Crippen LogP contribution in [-0.4, -0.2) is 39.9 Å². The number of hydrogen-bond donors (Lipinski definition) is 0. The fourth-order valence-corrected chi connectivity index (χ4v) is 2.52. The largest absolute Gasteiger partial charge is 0.493 e. The van der Waals surface area contributed by atoms with Gasteiger partial charge in [-0.25, -0.2) is 8.42 Å². The molecule has 0 radical (unpaired) electrons. The van der Waals surface area contributed by atoms with E-state index in [2.05, 4.69) is 0 Å². The fraction of sp³-hybridized carbons (Fsp3) is 0.500. The summed E-state index contributed by atoms with van der Waals surface area (Å²) in [5.41, 5.74) is 0.744. The summed E-state index contributed by atoms with van der Waals surface area (Å²) in [4.78, 5) is 13.0. The lowest BCUT2D eigenvalue weighted by atomic mass is 10.0. The van der Waals surface area contributed by atoms with Gasteiger partial charge >= 0.3 is 0 Å². The first-order valence-corrected chi connectivity index (χ1v) is 8.85. The number of hydrogen-bond acceptors (Lipinski definition) is 4. The Bertz CT molecular complexity index is 611. The number of rotatable bonds is 6. The minimum absolute atomic E-state index is 0.0268. The van der Waals surface area contributed by atoms with Crippen LogP contribution < -0.4 is 4.74 Å². The molecule has 5 nitrogen and oxygen atoms in total. The number of amides is 1. The van der Waals surface area contributed by atoms with Gasteiger partial charge in [0.05, 0.1) is 17.9 Å². The zero-order valence-electron chi connectivity index (χ0n) is 12.6. The molecule has 1 aromatic rings. The van der Waals surface area contributed by atoms with E-state index in [-0.39, 0.29) is 29.7 Å². The Balaban J connectivity index is 2.90. The van der Waals surface area contributed by atoms with E-state index >= 15 is 0 Å². The van der Waals surface area contributed by atoms with Gasteiger partial charge in [0.25, 0.3) is 9.05 Å². The van der Waals surface area contributed by atoms with E-state index in [4.69, 9.17) is 15.4 Å². The zero-order valence-corrected chi connectivity index (χ0v) is 14.2. The van der Waals surface area contributed by atoms with Gasteiger partial charge in [-0.1, -0.05) is 13.8 Å². The standard InChI is InChI=1S/C14H20ClNO4S/c1-10(2)12-9-11(21(15,18)19)5-6-13(12)20-8-7-14(17)16(3)4/h5-6,9-10H,7-8H2,1-4H3. The summed E-state index contributed by atoms with van der Waals surface area (Å²) in [6.07, 6.45) is 0.264. The molecule has 0 spiro atoms. The van der Waals surface area contributed by atoms with Crippen molar-refractivity contribution >= 4 is 25.6 Å². The van der Waals surface area contributed by atoms with E-state index in [1.165, 1.54) is 17.0 Å². The maximum Gasteiger partial charge on any atom is 0.261 e. The van der Waals surface area contributed by atoms with E-state index in [1.807, 2.05) is 13.8 Å². The molecule has 0 saturated carbocycles. The van der Waals surface area contributed by atoms with E-state index < -0.39 is 9.05 Å². The maximum atomic E-state index is 11.5. The second kappa shape index (κ2) is 7.13. The molecule has 0 heterocycles. The number of halogens is 1. The number of nitrogens with zero attached hydrogens (tertiary/aromatic N) is 1. The average Bonchev–Trinajstić information content (AvgIpc) is 2.37. The number of ether oxygens (including phenoxy) is 1. The van der Waals surface area contributed by atoms with Crippen LogP contribution in [0.5, 0.6) is 5.75 Å². The van der Waals surface area contributed by atoms with Crippen LogP contribution in [0.1, 0.15) is 31.7 Å². The van der Waals surface area contributed by atoms with E-state index in [9.17, 15) is 13.2 Å². The van der Waals surface area contributed by atoms with Crippen LogP contribution in [0.4, 0.5) is 0 Å². The van der Waals surface area contributed by atoms with Gasteiger partial charge in [0, 0.05) is 24.8 Å². The molecule has 1 amide bonds. The first kappa shape index (κ1) is 17.8. The molecule has 0 saturated heterocycles. The smallest absolute Gasteiger partial charge is 0.261 e. The molecule has 0 aliphatic rings. The van der Waals surface area contributed by atoms with Gasteiger partial charge in [0.1, 0.15) is 5.75 Å². The number of carbonyl (C=O) groups is 1.